The van der Waals surface area contributed by atoms with E-state index in [-0.39, 0.29) is 11.8 Å². The van der Waals surface area contributed by atoms with E-state index in [4.69, 9.17) is 5.11 Å². The topological polar surface area (TPSA) is 79.3 Å². The molecule has 1 fully saturated rings. The van der Waals surface area contributed by atoms with Gasteiger partial charge in [0.1, 0.15) is 0 Å². The SMILES string of the molecule is CCc1nc(CCNC(=O)[C@H]2C[C@H]2C(=O)O)cs1. The van der Waals surface area contributed by atoms with Gasteiger partial charge in [-0.3, -0.25) is 9.59 Å². The Bertz CT molecular complexity index is 458. The van der Waals surface area contributed by atoms with E-state index in [0.717, 1.165) is 17.1 Å². The van der Waals surface area contributed by atoms with E-state index in [1.165, 1.54) is 0 Å². The van der Waals surface area contributed by atoms with E-state index in [0.29, 0.717) is 19.4 Å². The molecule has 1 aliphatic carbocycles. The first kappa shape index (κ1) is 13.0. The highest BCUT2D eigenvalue weighted by atomic mass is 32.1. The van der Waals surface area contributed by atoms with Crippen LogP contribution in [0.15, 0.2) is 5.38 Å². The molecule has 6 heteroatoms. The summed E-state index contributed by atoms with van der Waals surface area (Å²) in [5.41, 5.74) is 0.989. The number of nitrogens with one attached hydrogen (secondary N) is 1. The third kappa shape index (κ3) is 3.07. The van der Waals surface area contributed by atoms with Crippen molar-refractivity contribution in [3.05, 3.63) is 16.1 Å². The summed E-state index contributed by atoms with van der Waals surface area (Å²) >= 11 is 1.63. The number of rotatable bonds is 6. The first-order valence-electron chi connectivity index (χ1n) is 6.05. The molecule has 1 amide bonds. The molecular weight excluding hydrogens is 252 g/mol. The molecule has 98 valence electrons. The van der Waals surface area contributed by atoms with Crippen molar-refractivity contribution in [2.24, 2.45) is 11.8 Å². The van der Waals surface area contributed by atoms with Crippen molar-refractivity contribution in [3.63, 3.8) is 0 Å². The Morgan fingerprint density at radius 2 is 2.33 bits per heavy atom. The Hall–Kier alpha value is -1.43. The summed E-state index contributed by atoms with van der Waals surface area (Å²) in [7, 11) is 0. The standard InChI is InChI=1S/C12H16N2O3S/c1-2-10-14-7(6-18-10)3-4-13-11(15)8-5-9(8)12(16)17/h6,8-9H,2-5H2,1H3,(H,13,15)(H,16,17)/t8-,9+/m0/s1. The number of amides is 1. The Kier molecular flexibility index (Phi) is 3.96. The third-order valence-electron chi connectivity index (χ3n) is 3.03. The molecule has 1 heterocycles. The molecule has 5 nitrogen and oxygen atoms in total. The zero-order chi connectivity index (χ0) is 13.1. The van der Waals surface area contributed by atoms with Crippen molar-refractivity contribution >= 4 is 23.2 Å². The maximum Gasteiger partial charge on any atom is 0.307 e. The maximum atomic E-state index is 11.6. The van der Waals surface area contributed by atoms with Gasteiger partial charge in [-0.2, -0.15) is 0 Å². The quantitative estimate of drug-likeness (QED) is 0.809. The second-order valence-electron chi connectivity index (χ2n) is 4.41. The highest BCUT2D eigenvalue weighted by molar-refractivity contribution is 7.09. The van der Waals surface area contributed by atoms with Gasteiger partial charge in [0.25, 0.3) is 0 Å². The number of carbonyl (C=O) groups is 2. The lowest BCUT2D eigenvalue weighted by atomic mass is 10.3. The summed E-state index contributed by atoms with van der Waals surface area (Å²) in [5, 5.41) is 14.6. The number of aliphatic carboxylic acids is 1. The van der Waals surface area contributed by atoms with Gasteiger partial charge in [-0.25, -0.2) is 4.98 Å². The molecule has 1 aromatic heterocycles. The summed E-state index contributed by atoms with van der Waals surface area (Å²) in [5.74, 6) is -1.82. The van der Waals surface area contributed by atoms with E-state index in [9.17, 15) is 9.59 Å². The van der Waals surface area contributed by atoms with Crippen LogP contribution < -0.4 is 5.32 Å². The van der Waals surface area contributed by atoms with Gasteiger partial charge in [0.05, 0.1) is 22.5 Å². The average molecular weight is 268 g/mol. The summed E-state index contributed by atoms with van der Waals surface area (Å²) in [4.78, 5) is 26.6. The van der Waals surface area contributed by atoms with Crippen LogP contribution >= 0.6 is 11.3 Å². The predicted molar refractivity (Wildman–Crippen MR) is 67.4 cm³/mol. The van der Waals surface area contributed by atoms with Crippen LogP contribution in [0.3, 0.4) is 0 Å². The number of hydrogen-bond donors (Lipinski definition) is 2. The van der Waals surface area contributed by atoms with Crippen LogP contribution in [0.5, 0.6) is 0 Å². The van der Waals surface area contributed by atoms with Crippen molar-refractivity contribution < 1.29 is 14.7 Å². The Labute approximate surface area is 109 Å². The van der Waals surface area contributed by atoms with Crippen LogP contribution in [-0.2, 0) is 22.4 Å². The average Bonchev–Trinajstić information content (AvgIpc) is 3.03. The number of nitrogens with zero attached hydrogens (tertiary/aromatic N) is 1. The van der Waals surface area contributed by atoms with Crippen LogP contribution in [-0.4, -0.2) is 28.5 Å². The van der Waals surface area contributed by atoms with E-state index in [1.54, 1.807) is 11.3 Å². The fourth-order valence-electron chi connectivity index (χ4n) is 1.83. The van der Waals surface area contributed by atoms with Crippen molar-refractivity contribution in [3.8, 4) is 0 Å². The minimum atomic E-state index is -0.873. The number of carboxylic acids is 1. The zero-order valence-corrected chi connectivity index (χ0v) is 11.0. The fourth-order valence-corrected chi connectivity index (χ4v) is 2.61. The highest BCUT2D eigenvalue weighted by Crippen LogP contribution is 2.38. The van der Waals surface area contributed by atoms with Gasteiger partial charge in [-0.05, 0) is 12.8 Å². The fraction of sp³-hybridized carbons (Fsp3) is 0.583. The summed E-state index contributed by atoms with van der Waals surface area (Å²) in [6.07, 6.45) is 2.10. The van der Waals surface area contributed by atoms with Crippen molar-refractivity contribution in [2.75, 3.05) is 6.54 Å². The van der Waals surface area contributed by atoms with Crippen molar-refractivity contribution in [1.82, 2.24) is 10.3 Å². The molecule has 0 spiro atoms. The number of aryl methyl sites for hydroxylation is 1. The lowest BCUT2D eigenvalue weighted by molar-refractivity contribution is -0.140. The van der Waals surface area contributed by atoms with E-state index in [2.05, 4.69) is 17.2 Å². The van der Waals surface area contributed by atoms with E-state index < -0.39 is 11.9 Å². The minimum absolute atomic E-state index is 0.145. The van der Waals surface area contributed by atoms with Crippen LogP contribution in [0.4, 0.5) is 0 Å². The molecule has 2 atom stereocenters. The molecule has 1 aliphatic rings. The number of thiazole rings is 1. The molecule has 1 aromatic rings. The normalized spacial score (nSPS) is 21.6. The number of carboxylic acid groups (broad SMARTS) is 1. The second kappa shape index (κ2) is 5.48. The molecule has 0 saturated heterocycles. The molecular formula is C12H16N2O3S. The molecule has 0 unspecified atom stereocenters. The second-order valence-corrected chi connectivity index (χ2v) is 5.36. The predicted octanol–water partition coefficient (Wildman–Crippen LogP) is 1.08. The summed E-state index contributed by atoms with van der Waals surface area (Å²) in [6, 6.07) is 0. The summed E-state index contributed by atoms with van der Waals surface area (Å²) in [6.45, 7) is 2.58. The number of carbonyl (C=O) groups excluding carboxylic acids is 1. The van der Waals surface area contributed by atoms with Gasteiger partial charge < -0.3 is 10.4 Å². The molecule has 1 saturated carbocycles. The van der Waals surface area contributed by atoms with Gasteiger partial charge in [0.15, 0.2) is 0 Å². The summed E-state index contributed by atoms with van der Waals surface area (Å²) < 4.78 is 0. The highest BCUT2D eigenvalue weighted by Gasteiger charge is 2.48. The molecule has 0 aliphatic heterocycles. The van der Waals surface area contributed by atoms with E-state index in [1.807, 2.05) is 5.38 Å². The Morgan fingerprint density at radius 1 is 1.56 bits per heavy atom. The molecule has 2 rings (SSSR count). The largest absolute Gasteiger partial charge is 0.481 e. The lowest BCUT2D eigenvalue weighted by Crippen LogP contribution is -2.28. The van der Waals surface area contributed by atoms with Gasteiger partial charge >= 0.3 is 5.97 Å². The first-order valence-corrected chi connectivity index (χ1v) is 6.93. The monoisotopic (exact) mass is 268 g/mol. The van der Waals surface area contributed by atoms with Crippen LogP contribution in [0, 0.1) is 11.8 Å². The van der Waals surface area contributed by atoms with Crippen molar-refractivity contribution in [2.45, 2.75) is 26.2 Å². The number of aromatic nitrogens is 1. The molecule has 18 heavy (non-hydrogen) atoms. The minimum Gasteiger partial charge on any atom is -0.481 e. The van der Waals surface area contributed by atoms with Crippen LogP contribution in [0.1, 0.15) is 24.0 Å². The van der Waals surface area contributed by atoms with Crippen molar-refractivity contribution in [1.29, 1.82) is 0 Å². The number of hydrogen-bond acceptors (Lipinski definition) is 4. The first-order chi connectivity index (χ1) is 8.61. The Morgan fingerprint density at radius 3 is 2.89 bits per heavy atom. The maximum absolute atomic E-state index is 11.6. The Balaban J connectivity index is 1.69. The van der Waals surface area contributed by atoms with Gasteiger partial charge in [-0.15, -0.1) is 11.3 Å². The van der Waals surface area contributed by atoms with Gasteiger partial charge in [-0.1, -0.05) is 6.92 Å². The van der Waals surface area contributed by atoms with Crippen LogP contribution in [0.2, 0.25) is 0 Å². The van der Waals surface area contributed by atoms with Gasteiger partial charge in [0.2, 0.25) is 5.91 Å². The smallest absolute Gasteiger partial charge is 0.307 e. The van der Waals surface area contributed by atoms with Gasteiger partial charge in [0, 0.05) is 18.3 Å². The molecule has 0 radical (unpaired) electrons. The van der Waals surface area contributed by atoms with Crippen LogP contribution in [0.25, 0.3) is 0 Å². The molecule has 2 N–H and O–H groups in total. The third-order valence-corrected chi connectivity index (χ3v) is 4.07. The lowest BCUT2D eigenvalue weighted by Gasteiger charge is -2.02. The van der Waals surface area contributed by atoms with E-state index >= 15 is 0 Å². The molecule has 0 bridgehead atoms. The molecule has 0 aromatic carbocycles. The zero-order valence-electron chi connectivity index (χ0n) is 10.2.